The van der Waals surface area contributed by atoms with Crippen LogP contribution in [0.4, 0.5) is 5.95 Å². The first-order valence-corrected chi connectivity index (χ1v) is 8.65. The zero-order chi connectivity index (χ0) is 14.9. The highest BCUT2D eigenvalue weighted by molar-refractivity contribution is 7.88. The van der Waals surface area contributed by atoms with E-state index < -0.39 is 10.0 Å². The van der Waals surface area contributed by atoms with Crippen LogP contribution in [0.1, 0.15) is 12.8 Å². The average Bonchev–Trinajstić information content (AvgIpc) is 2.47. The Morgan fingerprint density at radius 2 is 2.05 bits per heavy atom. The third-order valence-electron chi connectivity index (χ3n) is 3.64. The molecular formula is C13H17N5O2S. The molecular weight excluding hydrogens is 290 g/mol. The molecule has 2 aromatic rings. The molecule has 0 atom stereocenters. The first kappa shape index (κ1) is 14.2. The van der Waals surface area contributed by atoms with E-state index in [2.05, 4.69) is 20.3 Å². The van der Waals surface area contributed by atoms with E-state index in [1.54, 1.807) is 18.6 Å². The van der Waals surface area contributed by atoms with Gasteiger partial charge in [-0.1, -0.05) is 0 Å². The van der Waals surface area contributed by atoms with Gasteiger partial charge in [0.1, 0.15) is 0 Å². The minimum Gasteiger partial charge on any atom is -0.351 e. The van der Waals surface area contributed by atoms with Crippen LogP contribution in [0.15, 0.2) is 24.7 Å². The standard InChI is InChI=1S/C13H17N5O2S/c1-21(19,20)18-6-3-11(4-7-18)16-13-15-8-10-2-5-14-9-12(10)17-13/h2,5,8-9,11H,3-4,6-7H2,1H3,(H,15,16,17). The lowest BCUT2D eigenvalue weighted by atomic mass is 10.1. The number of aromatic nitrogens is 3. The Hall–Kier alpha value is -1.80. The van der Waals surface area contributed by atoms with Crippen LogP contribution in [-0.2, 0) is 10.0 Å². The van der Waals surface area contributed by atoms with Gasteiger partial charge in [0.05, 0.1) is 18.0 Å². The van der Waals surface area contributed by atoms with Crippen molar-refractivity contribution in [2.24, 2.45) is 0 Å². The fourth-order valence-corrected chi connectivity index (χ4v) is 3.33. The number of rotatable bonds is 3. The summed E-state index contributed by atoms with van der Waals surface area (Å²) >= 11 is 0. The van der Waals surface area contributed by atoms with E-state index in [0.29, 0.717) is 19.0 Å². The van der Waals surface area contributed by atoms with Crippen LogP contribution in [-0.4, -0.2) is 53.1 Å². The number of anilines is 1. The van der Waals surface area contributed by atoms with E-state index in [4.69, 9.17) is 0 Å². The van der Waals surface area contributed by atoms with E-state index in [0.717, 1.165) is 23.7 Å². The van der Waals surface area contributed by atoms with Gasteiger partial charge in [0, 0.05) is 36.9 Å². The number of pyridine rings is 1. The summed E-state index contributed by atoms with van der Waals surface area (Å²) in [5.74, 6) is 0.563. The number of hydrogen-bond donors (Lipinski definition) is 1. The quantitative estimate of drug-likeness (QED) is 0.905. The first-order valence-electron chi connectivity index (χ1n) is 6.81. The number of hydrogen-bond acceptors (Lipinski definition) is 6. The molecule has 112 valence electrons. The summed E-state index contributed by atoms with van der Waals surface area (Å²) in [6.07, 6.45) is 7.93. The SMILES string of the molecule is CS(=O)(=O)N1CCC(Nc2ncc3ccncc3n2)CC1. The van der Waals surface area contributed by atoms with Crippen LogP contribution < -0.4 is 5.32 Å². The third-order valence-corrected chi connectivity index (χ3v) is 4.94. The monoisotopic (exact) mass is 307 g/mol. The highest BCUT2D eigenvalue weighted by Gasteiger charge is 2.25. The predicted octanol–water partition coefficient (Wildman–Crippen LogP) is 0.861. The second-order valence-electron chi connectivity index (χ2n) is 5.21. The zero-order valence-electron chi connectivity index (χ0n) is 11.7. The Morgan fingerprint density at radius 3 is 2.76 bits per heavy atom. The van der Waals surface area contributed by atoms with Crippen LogP contribution in [0.2, 0.25) is 0 Å². The zero-order valence-corrected chi connectivity index (χ0v) is 12.5. The van der Waals surface area contributed by atoms with Crippen molar-refractivity contribution in [1.82, 2.24) is 19.3 Å². The summed E-state index contributed by atoms with van der Waals surface area (Å²) in [7, 11) is -3.08. The van der Waals surface area contributed by atoms with Crippen molar-refractivity contribution in [3.05, 3.63) is 24.7 Å². The Bertz CT molecular complexity index is 741. The number of sulfonamides is 1. The fourth-order valence-electron chi connectivity index (χ4n) is 2.46. The number of piperidine rings is 1. The molecule has 21 heavy (non-hydrogen) atoms. The van der Waals surface area contributed by atoms with Gasteiger partial charge in [-0.2, -0.15) is 0 Å². The van der Waals surface area contributed by atoms with Gasteiger partial charge >= 0.3 is 0 Å². The van der Waals surface area contributed by atoms with Gasteiger partial charge in [0.2, 0.25) is 16.0 Å². The number of nitrogens with zero attached hydrogens (tertiary/aromatic N) is 4. The van der Waals surface area contributed by atoms with Crippen LogP contribution in [0.3, 0.4) is 0 Å². The van der Waals surface area contributed by atoms with Gasteiger partial charge in [-0.3, -0.25) is 4.98 Å². The van der Waals surface area contributed by atoms with Gasteiger partial charge in [-0.15, -0.1) is 0 Å². The van der Waals surface area contributed by atoms with Crippen molar-refractivity contribution in [1.29, 1.82) is 0 Å². The summed E-state index contributed by atoms with van der Waals surface area (Å²) in [5.41, 5.74) is 0.795. The molecule has 7 nitrogen and oxygen atoms in total. The molecule has 3 heterocycles. The largest absolute Gasteiger partial charge is 0.351 e. The van der Waals surface area contributed by atoms with E-state index >= 15 is 0 Å². The molecule has 1 aliphatic rings. The van der Waals surface area contributed by atoms with Crippen LogP contribution >= 0.6 is 0 Å². The third kappa shape index (κ3) is 3.27. The maximum absolute atomic E-state index is 11.5. The maximum atomic E-state index is 11.5. The van der Waals surface area contributed by atoms with Crippen molar-refractivity contribution in [2.45, 2.75) is 18.9 Å². The van der Waals surface area contributed by atoms with E-state index in [9.17, 15) is 8.42 Å². The lowest BCUT2D eigenvalue weighted by Crippen LogP contribution is -2.42. The summed E-state index contributed by atoms with van der Waals surface area (Å²) in [6, 6.07) is 2.06. The van der Waals surface area contributed by atoms with E-state index in [-0.39, 0.29) is 6.04 Å². The normalized spacial score (nSPS) is 18.0. The average molecular weight is 307 g/mol. The summed E-state index contributed by atoms with van der Waals surface area (Å²) < 4.78 is 24.5. The number of fused-ring (bicyclic) bond motifs is 1. The second kappa shape index (κ2) is 5.53. The van der Waals surface area contributed by atoms with Crippen molar-refractivity contribution < 1.29 is 8.42 Å². The van der Waals surface area contributed by atoms with Crippen molar-refractivity contribution in [2.75, 3.05) is 24.7 Å². The predicted molar refractivity (Wildman–Crippen MR) is 80.4 cm³/mol. The molecule has 2 aromatic heterocycles. The molecule has 0 bridgehead atoms. The highest BCUT2D eigenvalue weighted by Crippen LogP contribution is 2.17. The molecule has 1 fully saturated rings. The fraction of sp³-hybridized carbons (Fsp3) is 0.462. The highest BCUT2D eigenvalue weighted by atomic mass is 32.2. The molecule has 1 aliphatic heterocycles. The molecule has 0 aliphatic carbocycles. The Labute approximate surface area is 123 Å². The van der Waals surface area contributed by atoms with E-state index in [1.807, 2.05) is 6.07 Å². The molecule has 1 saturated heterocycles. The van der Waals surface area contributed by atoms with Crippen molar-refractivity contribution in [3.63, 3.8) is 0 Å². The van der Waals surface area contributed by atoms with Crippen LogP contribution in [0.25, 0.3) is 10.9 Å². The first-order chi connectivity index (χ1) is 10.0. The van der Waals surface area contributed by atoms with E-state index in [1.165, 1.54) is 10.6 Å². The molecule has 0 aromatic carbocycles. The summed E-state index contributed by atoms with van der Waals surface area (Å²) in [4.78, 5) is 12.8. The topological polar surface area (TPSA) is 88.1 Å². The summed E-state index contributed by atoms with van der Waals surface area (Å²) in [6.45, 7) is 1.07. The van der Waals surface area contributed by atoms with Gasteiger partial charge in [-0.25, -0.2) is 22.7 Å². The molecule has 0 radical (unpaired) electrons. The molecule has 0 spiro atoms. The van der Waals surface area contributed by atoms with Gasteiger partial charge in [0.15, 0.2) is 0 Å². The maximum Gasteiger partial charge on any atom is 0.223 e. The van der Waals surface area contributed by atoms with Crippen molar-refractivity contribution >= 4 is 26.9 Å². The smallest absolute Gasteiger partial charge is 0.223 e. The van der Waals surface area contributed by atoms with Crippen molar-refractivity contribution in [3.8, 4) is 0 Å². The molecule has 1 N–H and O–H groups in total. The minimum atomic E-state index is -3.08. The Balaban J connectivity index is 1.67. The minimum absolute atomic E-state index is 0.192. The Kier molecular flexibility index (Phi) is 3.73. The molecule has 8 heteroatoms. The summed E-state index contributed by atoms with van der Waals surface area (Å²) in [5, 5.41) is 4.22. The molecule has 0 saturated carbocycles. The van der Waals surface area contributed by atoms with Gasteiger partial charge in [-0.05, 0) is 18.9 Å². The number of nitrogens with one attached hydrogen (secondary N) is 1. The molecule has 0 unspecified atom stereocenters. The van der Waals surface area contributed by atoms with Crippen LogP contribution in [0, 0.1) is 0 Å². The Morgan fingerprint density at radius 1 is 1.29 bits per heavy atom. The molecule has 3 rings (SSSR count). The lowest BCUT2D eigenvalue weighted by Gasteiger charge is -2.30. The second-order valence-corrected chi connectivity index (χ2v) is 7.19. The van der Waals surface area contributed by atoms with Gasteiger partial charge in [0.25, 0.3) is 0 Å². The molecule has 0 amide bonds. The van der Waals surface area contributed by atoms with Crippen LogP contribution in [0.5, 0.6) is 0 Å². The lowest BCUT2D eigenvalue weighted by molar-refractivity contribution is 0.331. The van der Waals surface area contributed by atoms with Gasteiger partial charge < -0.3 is 5.32 Å².